The van der Waals surface area contributed by atoms with Gasteiger partial charge in [-0.1, -0.05) is 0 Å². The van der Waals surface area contributed by atoms with Gasteiger partial charge in [-0.3, -0.25) is 0 Å². The lowest BCUT2D eigenvalue weighted by Crippen LogP contribution is -2.28. The van der Waals surface area contributed by atoms with Gasteiger partial charge in [-0.15, -0.1) is 0 Å². The van der Waals surface area contributed by atoms with E-state index in [1.807, 2.05) is 0 Å². The van der Waals surface area contributed by atoms with Gasteiger partial charge in [0, 0.05) is 12.5 Å². The van der Waals surface area contributed by atoms with Gasteiger partial charge in [0.25, 0.3) is 5.92 Å². The molecule has 0 bridgehead atoms. The minimum Gasteiger partial charge on any atom is -0.454 e. The predicted octanol–water partition coefficient (Wildman–Crippen LogP) is 2.99. The molecule has 0 unspecified atom stereocenters. The fraction of sp³-hybridized carbons (Fsp3) is 0.571. The van der Waals surface area contributed by atoms with Crippen molar-refractivity contribution in [1.29, 1.82) is 0 Å². The van der Waals surface area contributed by atoms with Gasteiger partial charge in [0.05, 0.1) is 0 Å². The largest absolute Gasteiger partial charge is 0.454 e. The Hall–Kier alpha value is -1.36. The average Bonchev–Trinajstić information content (AvgIpc) is 2.84. The van der Waals surface area contributed by atoms with E-state index in [1.54, 1.807) is 6.07 Å². The molecule has 2 aliphatic rings. The molecule has 0 saturated carbocycles. The van der Waals surface area contributed by atoms with Crippen molar-refractivity contribution >= 4 is 0 Å². The van der Waals surface area contributed by atoms with Crippen molar-refractivity contribution in [2.24, 2.45) is 0 Å². The van der Waals surface area contributed by atoms with Crippen LogP contribution in [0.3, 0.4) is 0 Å². The van der Waals surface area contributed by atoms with Gasteiger partial charge in [-0.2, -0.15) is 0 Å². The maximum Gasteiger partial charge on any atom is 0.270 e. The highest BCUT2D eigenvalue weighted by Gasteiger charge is 2.33. The smallest absolute Gasteiger partial charge is 0.270 e. The van der Waals surface area contributed by atoms with Gasteiger partial charge >= 0.3 is 0 Å². The van der Waals surface area contributed by atoms with Crippen LogP contribution in [0.1, 0.15) is 36.8 Å². The molecule has 19 heavy (non-hydrogen) atoms. The van der Waals surface area contributed by atoms with E-state index in [9.17, 15) is 8.78 Å². The number of hydrogen-bond donors (Lipinski definition) is 1. The Morgan fingerprint density at radius 1 is 1.16 bits per heavy atom. The first-order valence-corrected chi connectivity index (χ1v) is 6.58. The second-order valence-corrected chi connectivity index (χ2v) is 5.21. The maximum atomic E-state index is 13.8. The lowest BCUT2D eigenvalue weighted by Gasteiger charge is -2.27. The van der Waals surface area contributed by atoms with Crippen LogP contribution in [0.4, 0.5) is 8.78 Å². The molecule has 1 aromatic rings. The fourth-order valence-electron chi connectivity index (χ4n) is 2.81. The molecule has 104 valence electrons. The molecule has 2 aliphatic heterocycles. The van der Waals surface area contributed by atoms with E-state index in [2.05, 4.69) is 5.32 Å². The highest BCUT2D eigenvalue weighted by atomic mass is 19.3. The SMILES string of the molecule is CC(F)(F)c1cc2c(cc1C1CCNCC1)OCO2. The van der Waals surface area contributed by atoms with Gasteiger partial charge in [0.1, 0.15) is 0 Å². The lowest BCUT2D eigenvalue weighted by molar-refractivity contribution is 0.0158. The second kappa shape index (κ2) is 4.63. The zero-order valence-corrected chi connectivity index (χ0v) is 10.8. The van der Waals surface area contributed by atoms with Gasteiger partial charge in [-0.25, -0.2) is 8.78 Å². The first-order valence-electron chi connectivity index (χ1n) is 6.58. The molecule has 0 atom stereocenters. The molecule has 0 aromatic heterocycles. The number of fused-ring (bicyclic) bond motifs is 1. The molecule has 0 aliphatic carbocycles. The monoisotopic (exact) mass is 269 g/mol. The number of rotatable bonds is 2. The number of alkyl halides is 2. The van der Waals surface area contributed by atoms with Crippen LogP contribution >= 0.6 is 0 Å². The van der Waals surface area contributed by atoms with Gasteiger partial charge < -0.3 is 14.8 Å². The van der Waals surface area contributed by atoms with Crippen LogP contribution in [0.5, 0.6) is 11.5 Å². The van der Waals surface area contributed by atoms with Gasteiger partial charge in [0.15, 0.2) is 11.5 Å². The third-order valence-corrected chi connectivity index (χ3v) is 3.80. The van der Waals surface area contributed by atoms with E-state index in [4.69, 9.17) is 9.47 Å². The Labute approximate surface area is 110 Å². The summed E-state index contributed by atoms with van der Waals surface area (Å²) in [5.41, 5.74) is 0.780. The van der Waals surface area contributed by atoms with Crippen LogP contribution in [-0.4, -0.2) is 19.9 Å². The molecule has 1 fully saturated rings. The van der Waals surface area contributed by atoms with Crippen molar-refractivity contribution in [3.05, 3.63) is 23.3 Å². The summed E-state index contributed by atoms with van der Waals surface area (Å²) in [7, 11) is 0. The first kappa shape index (κ1) is 12.7. The molecule has 0 spiro atoms. The minimum absolute atomic E-state index is 0.0728. The van der Waals surface area contributed by atoms with E-state index in [0.29, 0.717) is 17.1 Å². The molecule has 0 amide bonds. The van der Waals surface area contributed by atoms with Crippen molar-refractivity contribution in [2.45, 2.75) is 31.6 Å². The number of piperidine rings is 1. The zero-order valence-electron chi connectivity index (χ0n) is 10.8. The van der Waals surface area contributed by atoms with E-state index < -0.39 is 5.92 Å². The van der Waals surface area contributed by atoms with Crippen molar-refractivity contribution in [3.8, 4) is 11.5 Å². The summed E-state index contributed by atoms with van der Waals surface area (Å²) in [4.78, 5) is 0. The summed E-state index contributed by atoms with van der Waals surface area (Å²) < 4.78 is 38.2. The Morgan fingerprint density at radius 3 is 2.42 bits per heavy atom. The quantitative estimate of drug-likeness (QED) is 0.895. The van der Waals surface area contributed by atoms with E-state index in [-0.39, 0.29) is 18.3 Å². The van der Waals surface area contributed by atoms with Crippen LogP contribution in [0.15, 0.2) is 12.1 Å². The molecule has 3 nitrogen and oxygen atoms in total. The molecular weight excluding hydrogens is 252 g/mol. The summed E-state index contributed by atoms with van der Waals surface area (Å²) in [5, 5.41) is 3.25. The molecule has 1 aromatic carbocycles. The summed E-state index contributed by atoms with van der Waals surface area (Å²) in [6.45, 7) is 2.79. The molecule has 1 saturated heterocycles. The number of hydrogen-bond acceptors (Lipinski definition) is 3. The molecule has 0 radical (unpaired) electrons. The fourth-order valence-corrected chi connectivity index (χ4v) is 2.81. The highest BCUT2D eigenvalue weighted by molar-refractivity contribution is 5.51. The third-order valence-electron chi connectivity index (χ3n) is 3.80. The van der Waals surface area contributed by atoms with Crippen molar-refractivity contribution in [1.82, 2.24) is 5.32 Å². The summed E-state index contributed by atoms with van der Waals surface area (Å²) >= 11 is 0. The highest BCUT2D eigenvalue weighted by Crippen LogP contribution is 2.44. The minimum atomic E-state index is -2.86. The second-order valence-electron chi connectivity index (χ2n) is 5.21. The predicted molar refractivity (Wildman–Crippen MR) is 67.0 cm³/mol. The Kier molecular flexibility index (Phi) is 3.09. The maximum absolute atomic E-state index is 13.8. The molecule has 1 N–H and O–H groups in total. The lowest BCUT2D eigenvalue weighted by atomic mass is 9.85. The Balaban J connectivity index is 2.05. The number of halogens is 2. The van der Waals surface area contributed by atoms with Gasteiger partial charge in [0.2, 0.25) is 6.79 Å². The topological polar surface area (TPSA) is 30.5 Å². The van der Waals surface area contributed by atoms with Crippen LogP contribution in [0.2, 0.25) is 0 Å². The first-order chi connectivity index (χ1) is 9.05. The standard InChI is InChI=1S/C14H17F2NO2/c1-14(15,16)11-7-13-12(18-8-19-13)6-10(11)9-2-4-17-5-3-9/h6-7,9,17H,2-5,8H2,1H3. The summed E-state index contributed by atoms with van der Waals surface area (Å²) in [5.74, 6) is -1.69. The average molecular weight is 269 g/mol. The normalized spacial score (nSPS) is 19.7. The van der Waals surface area contributed by atoms with Crippen LogP contribution in [0.25, 0.3) is 0 Å². The van der Waals surface area contributed by atoms with Crippen LogP contribution < -0.4 is 14.8 Å². The number of ether oxygens (including phenoxy) is 2. The molecular formula is C14H17F2NO2. The van der Waals surface area contributed by atoms with Crippen molar-refractivity contribution in [3.63, 3.8) is 0 Å². The van der Waals surface area contributed by atoms with Crippen LogP contribution in [-0.2, 0) is 5.92 Å². The third kappa shape index (κ3) is 2.39. The number of benzene rings is 1. The Morgan fingerprint density at radius 2 is 1.79 bits per heavy atom. The Bertz CT molecular complexity index is 479. The van der Waals surface area contributed by atoms with E-state index in [0.717, 1.165) is 32.9 Å². The summed E-state index contributed by atoms with van der Waals surface area (Å²) in [6, 6.07) is 3.19. The van der Waals surface area contributed by atoms with Crippen molar-refractivity contribution < 1.29 is 18.3 Å². The molecule has 5 heteroatoms. The summed E-state index contributed by atoms with van der Waals surface area (Å²) in [6.07, 6.45) is 1.76. The van der Waals surface area contributed by atoms with E-state index >= 15 is 0 Å². The molecule has 3 rings (SSSR count). The van der Waals surface area contributed by atoms with E-state index in [1.165, 1.54) is 6.07 Å². The zero-order chi connectivity index (χ0) is 13.5. The molecule has 2 heterocycles. The van der Waals surface area contributed by atoms with Crippen LogP contribution in [0, 0.1) is 0 Å². The number of nitrogens with one attached hydrogen (secondary N) is 1. The van der Waals surface area contributed by atoms with Gasteiger partial charge in [-0.05, 0) is 49.5 Å². The van der Waals surface area contributed by atoms with Crippen molar-refractivity contribution in [2.75, 3.05) is 19.9 Å².